The van der Waals surface area contributed by atoms with Gasteiger partial charge in [0.25, 0.3) is 0 Å². The number of halogens is 1. The number of nitrogens with zero attached hydrogens (tertiary/aromatic N) is 4. The first-order valence-corrected chi connectivity index (χ1v) is 10.3. The van der Waals surface area contributed by atoms with Crippen LogP contribution in [0.3, 0.4) is 0 Å². The molecular formula is C20H20BrN5OS. The Balaban J connectivity index is 1.64. The molecule has 6 nitrogen and oxygen atoms in total. The Morgan fingerprint density at radius 1 is 1.29 bits per heavy atom. The summed E-state index contributed by atoms with van der Waals surface area (Å²) in [6, 6.07) is 15.9. The highest BCUT2D eigenvalue weighted by Gasteiger charge is 2.06. The van der Waals surface area contributed by atoms with Gasteiger partial charge in [-0.25, -0.2) is 0 Å². The quantitative estimate of drug-likeness (QED) is 0.326. The largest absolute Gasteiger partial charge is 0.496 e. The van der Waals surface area contributed by atoms with Crippen LogP contribution in [0.15, 0.2) is 75.6 Å². The highest BCUT2D eigenvalue weighted by atomic mass is 79.9. The van der Waals surface area contributed by atoms with E-state index in [9.17, 15) is 0 Å². The molecule has 28 heavy (non-hydrogen) atoms. The zero-order chi connectivity index (χ0) is 19.8. The summed E-state index contributed by atoms with van der Waals surface area (Å²) in [7, 11) is 1.65. The van der Waals surface area contributed by atoms with E-state index in [2.05, 4.69) is 43.4 Å². The fraction of sp³-hybridized carbons (Fsp3) is 0.150. The molecule has 0 unspecified atom stereocenters. The van der Waals surface area contributed by atoms with E-state index in [4.69, 9.17) is 10.5 Å². The van der Waals surface area contributed by atoms with Crippen LogP contribution in [0.2, 0.25) is 0 Å². The minimum Gasteiger partial charge on any atom is -0.496 e. The van der Waals surface area contributed by atoms with Crippen LogP contribution in [0.4, 0.5) is 0 Å². The van der Waals surface area contributed by atoms with Crippen molar-refractivity contribution in [2.24, 2.45) is 15.9 Å². The number of hydrogen-bond acceptors (Lipinski definition) is 5. The van der Waals surface area contributed by atoms with Gasteiger partial charge in [0.15, 0.2) is 5.17 Å². The third-order valence-corrected chi connectivity index (χ3v) is 5.10. The Bertz CT molecular complexity index is 972. The topological polar surface area (TPSA) is 77.8 Å². The molecule has 0 aliphatic carbocycles. The molecule has 2 aromatic carbocycles. The smallest absolute Gasteiger partial charge is 0.180 e. The minimum atomic E-state index is 0.426. The van der Waals surface area contributed by atoms with Gasteiger partial charge in [0.05, 0.1) is 30.5 Å². The van der Waals surface area contributed by atoms with E-state index >= 15 is 0 Å². The molecule has 0 aliphatic heterocycles. The Morgan fingerprint density at radius 3 is 2.82 bits per heavy atom. The second-order valence-electron chi connectivity index (χ2n) is 5.88. The van der Waals surface area contributed by atoms with Gasteiger partial charge in [0.2, 0.25) is 0 Å². The monoisotopic (exact) mass is 457 g/mol. The number of rotatable bonds is 7. The lowest BCUT2D eigenvalue weighted by atomic mass is 10.1. The Morgan fingerprint density at radius 2 is 2.11 bits per heavy atom. The highest BCUT2D eigenvalue weighted by molar-refractivity contribution is 9.10. The molecule has 0 aliphatic rings. The zero-order valence-electron chi connectivity index (χ0n) is 15.3. The molecule has 2 N–H and O–H groups in total. The van der Waals surface area contributed by atoms with Gasteiger partial charge in [-0.2, -0.15) is 10.2 Å². The maximum atomic E-state index is 5.93. The third-order valence-electron chi connectivity index (χ3n) is 3.83. The lowest BCUT2D eigenvalue weighted by Gasteiger charge is -2.09. The second kappa shape index (κ2) is 10.1. The van der Waals surface area contributed by atoms with E-state index in [-0.39, 0.29) is 0 Å². The van der Waals surface area contributed by atoms with Crippen LogP contribution in [-0.2, 0) is 12.3 Å². The molecule has 1 aromatic heterocycles. The molecular weight excluding hydrogens is 438 g/mol. The van der Waals surface area contributed by atoms with Gasteiger partial charge in [-0.15, -0.1) is 5.10 Å². The maximum Gasteiger partial charge on any atom is 0.180 e. The number of thioether (sulfide) groups is 1. The number of aromatic nitrogens is 2. The van der Waals surface area contributed by atoms with Crippen molar-refractivity contribution in [1.82, 2.24) is 9.78 Å². The molecule has 0 radical (unpaired) electrons. The van der Waals surface area contributed by atoms with Crippen LogP contribution in [0.25, 0.3) is 0 Å². The summed E-state index contributed by atoms with van der Waals surface area (Å²) in [6.07, 6.45) is 5.34. The predicted octanol–water partition coefficient (Wildman–Crippen LogP) is 4.28. The molecule has 0 bridgehead atoms. The summed E-state index contributed by atoms with van der Waals surface area (Å²) < 4.78 is 8.21. The molecule has 0 fully saturated rings. The normalized spacial score (nSPS) is 11.9. The molecule has 3 rings (SSSR count). The first kappa shape index (κ1) is 20.2. The summed E-state index contributed by atoms with van der Waals surface area (Å²) in [5.74, 6) is 1.56. The fourth-order valence-electron chi connectivity index (χ4n) is 2.51. The molecule has 0 amide bonds. The molecule has 8 heteroatoms. The van der Waals surface area contributed by atoms with Crippen LogP contribution in [0.5, 0.6) is 5.75 Å². The van der Waals surface area contributed by atoms with Crippen molar-refractivity contribution in [3.63, 3.8) is 0 Å². The van der Waals surface area contributed by atoms with Gasteiger partial charge >= 0.3 is 0 Å². The van der Waals surface area contributed by atoms with E-state index in [1.807, 2.05) is 47.3 Å². The number of benzene rings is 2. The lowest BCUT2D eigenvalue weighted by Crippen LogP contribution is -2.06. The Labute approximate surface area is 176 Å². The van der Waals surface area contributed by atoms with Crippen molar-refractivity contribution >= 4 is 39.1 Å². The average molecular weight is 458 g/mol. The predicted molar refractivity (Wildman–Crippen MR) is 119 cm³/mol. The summed E-state index contributed by atoms with van der Waals surface area (Å²) in [5, 5.41) is 12.9. The number of nitrogens with two attached hydrogens (primary N) is 1. The van der Waals surface area contributed by atoms with Gasteiger partial charge in [-0.3, -0.25) is 4.68 Å². The van der Waals surface area contributed by atoms with Gasteiger partial charge in [-0.05, 0) is 45.3 Å². The van der Waals surface area contributed by atoms with Crippen molar-refractivity contribution < 1.29 is 4.74 Å². The minimum absolute atomic E-state index is 0.426. The van der Waals surface area contributed by atoms with Crippen molar-refractivity contribution in [2.75, 3.05) is 7.11 Å². The maximum absolute atomic E-state index is 5.93. The summed E-state index contributed by atoms with van der Waals surface area (Å²) >= 11 is 4.86. The number of ether oxygens (including phenoxy) is 1. The first-order valence-electron chi connectivity index (χ1n) is 8.52. The molecule has 0 saturated carbocycles. The van der Waals surface area contributed by atoms with Gasteiger partial charge in [0, 0.05) is 17.5 Å². The standard InChI is InChI=1S/C20H20BrN5OS/c1-27-19-8-7-16(9-17(19)12-26-13-18(21)11-24-26)10-23-25-20(22)28-14-15-5-3-2-4-6-15/h2-11,13H,12,14H2,1H3,(H2,22,25). The molecule has 1 heterocycles. The van der Waals surface area contributed by atoms with Crippen LogP contribution in [0.1, 0.15) is 16.7 Å². The Kier molecular flexibility index (Phi) is 7.27. The summed E-state index contributed by atoms with van der Waals surface area (Å²) in [5.41, 5.74) is 9.03. The number of methoxy groups -OCH3 is 1. The van der Waals surface area contributed by atoms with E-state index < -0.39 is 0 Å². The SMILES string of the molecule is COc1ccc(C=NN=C(N)SCc2ccccc2)cc1Cn1cc(Br)cn1. The van der Waals surface area contributed by atoms with Crippen molar-refractivity contribution in [1.29, 1.82) is 0 Å². The summed E-state index contributed by atoms with van der Waals surface area (Å²) in [4.78, 5) is 0. The highest BCUT2D eigenvalue weighted by Crippen LogP contribution is 2.21. The van der Waals surface area contributed by atoms with Gasteiger partial charge in [-0.1, -0.05) is 42.1 Å². The van der Waals surface area contributed by atoms with Crippen molar-refractivity contribution in [2.45, 2.75) is 12.3 Å². The Hall–Kier alpha value is -2.58. The molecule has 0 spiro atoms. The van der Waals surface area contributed by atoms with E-state index in [1.165, 1.54) is 17.3 Å². The van der Waals surface area contributed by atoms with Crippen LogP contribution < -0.4 is 10.5 Å². The molecule has 3 aromatic rings. The first-order chi connectivity index (χ1) is 13.6. The van der Waals surface area contributed by atoms with Crippen LogP contribution >= 0.6 is 27.7 Å². The summed E-state index contributed by atoms with van der Waals surface area (Å²) in [6.45, 7) is 0.592. The van der Waals surface area contributed by atoms with E-state index in [0.717, 1.165) is 27.1 Å². The average Bonchev–Trinajstić information content (AvgIpc) is 3.12. The van der Waals surface area contributed by atoms with Gasteiger partial charge < -0.3 is 10.5 Å². The van der Waals surface area contributed by atoms with E-state index in [1.54, 1.807) is 19.5 Å². The molecule has 0 atom stereocenters. The van der Waals surface area contributed by atoms with Crippen LogP contribution in [-0.4, -0.2) is 28.3 Å². The number of amidine groups is 1. The van der Waals surface area contributed by atoms with Gasteiger partial charge in [0.1, 0.15) is 5.75 Å². The molecule has 0 saturated heterocycles. The molecule has 144 valence electrons. The number of hydrogen-bond donors (Lipinski definition) is 1. The lowest BCUT2D eigenvalue weighted by molar-refractivity contribution is 0.407. The van der Waals surface area contributed by atoms with Crippen molar-refractivity contribution in [3.8, 4) is 5.75 Å². The second-order valence-corrected chi connectivity index (χ2v) is 7.80. The van der Waals surface area contributed by atoms with E-state index in [0.29, 0.717) is 11.7 Å². The fourth-order valence-corrected chi connectivity index (χ4v) is 3.45. The zero-order valence-corrected chi connectivity index (χ0v) is 17.7. The van der Waals surface area contributed by atoms with Crippen molar-refractivity contribution in [3.05, 3.63) is 82.1 Å². The van der Waals surface area contributed by atoms with Crippen LogP contribution in [0, 0.1) is 0 Å². The third kappa shape index (κ3) is 5.97.